The maximum Gasteiger partial charge on any atom is 0.264 e. The number of hydrogen-bond donors (Lipinski definition) is 1. The molecule has 0 fully saturated rings. The smallest absolute Gasteiger partial charge is 0.264 e. The predicted molar refractivity (Wildman–Crippen MR) is 147 cm³/mol. The van der Waals surface area contributed by atoms with E-state index in [9.17, 15) is 22.4 Å². The molecule has 0 aliphatic heterocycles. The lowest BCUT2D eigenvalue weighted by atomic mass is 10.1. The Labute approximate surface area is 232 Å². The molecule has 0 bridgehead atoms. The van der Waals surface area contributed by atoms with Gasteiger partial charge < -0.3 is 10.2 Å². The summed E-state index contributed by atoms with van der Waals surface area (Å²) in [6.07, 6.45) is 0.237. The number of anilines is 1. The summed E-state index contributed by atoms with van der Waals surface area (Å²) in [5.74, 6) is -1.98. The van der Waals surface area contributed by atoms with Gasteiger partial charge in [-0.25, -0.2) is 12.8 Å². The maximum absolute atomic E-state index is 14.9. The van der Waals surface area contributed by atoms with Crippen molar-refractivity contribution in [3.63, 3.8) is 0 Å². The first kappa shape index (κ1) is 29.4. The average molecular weight is 581 g/mol. The van der Waals surface area contributed by atoms with E-state index in [1.54, 1.807) is 38.1 Å². The fourth-order valence-corrected chi connectivity index (χ4v) is 5.81. The van der Waals surface area contributed by atoms with Crippen LogP contribution < -0.4 is 9.62 Å². The second-order valence-corrected chi connectivity index (χ2v) is 11.3. The Bertz CT molecular complexity index is 1420. The largest absolute Gasteiger partial charge is 0.357 e. The third-order valence-electron chi connectivity index (χ3n) is 6.00. The molecule has 0 saturated heterocycles. The molecule has 7 nitrogen and oxygen atoms in total. The summed E-state index contributed by atoms with van der Waals surface area (Å²) in [7, 11) is -2.92. The van der Waals surface area contributed by atoms with Gasteiger partial charge in [-0.3, -0.25) is 13.9 Å². The number of hydrogen-bond acceptors (Lipinski definition) is 4. The molecule has 3 aromatic carbocycles. The van der Waals surface area contributed by atoms with E-state index in [0.29, 0.717) is 10.6 Å². The number of amides is 2. The second-order valence-electron chi connectivity index (χ2n) is 8.57. The molecule has 0 saturated carbocycles. The van der Waals surface area contributed by atoms with Gasteiger partial charge in [-0.2, -0.15) is 0 Å². The Morgan fingerprint density at radius 1 is 1.03 bits per heavy atom. The molecule has 0 unspecified atom stereocenters. The van der Waals surface area contributed by atoms with Crippen molar-refractivity contribution in [3.8, 4) is 0 Å². The fourth-order valence-electron chi connectivity index (χ4n) is 3.92. The van der Waals surface area contributed by atoms with Crippen LogP contribution in [0.3, 0.4) is 0 Å². The maximum atomic E-state index is 14.9. The molecule has 3 aromatic rings. The highest BCUT2D eigenvalue weighted by molar-refractivity contribution is 7.92. The molecule has 0 heterocycles. The monoisotopic (exact) mass is 579 g/mol. The van der Waals surface area contributed by atoms with Gasteiger partial charge in [0.05, 0.1) is 10.6 Å². The lowest BCUT2D eigenvalue weighted by Crippen LogP contribution is -2.51. The normalized spacial score (nSPS) is 12.1. The van der Waals surface area contributed by atoms with Crippen molar-refractivity contribution in [1.29, 1.82) is 0 Å². The minimum absolute atomic E-state index is 0.101. The fraction of sp³-hybridized carbons (Fsp3) is 0.259. The summed E-state index contributed by atoms with van der Waals surface area (Å²) >= 11 is 12.4. The van der Waals surface area contributed by atoms with Crippen LogP contribution in [-0.2, 0) is 26.2 Å². The summed E-state index contributed by atoms with van der Waals surface area (Å²) in [5, 5.41) is 3.21. The number of sulfonamides is 1. The molecule has 1 N–H and O–H groups in total. The molecule has 0 spiro atoms. The number of rotatable bonds is 10. The SMILES string of the molecule is CC[C@H](C(=O)NC)N(Cc1ccc(Cl)cc1Cl)C(=O)CN(c1ccccc1F)S(=O)(=O)c1ccc(C)cc1. The van der Waals surface area contributed by atoms with Gasteiger partial charge in [0.25, 0.3) is 10.0 Å². The van der Waals surface area contributed by atoms with Crippen molar-refractivity contribution in [2.45, 2.75) is 37.8 Å². The molecule has 0 aliphatic carbocycles. The molecule has 3 rings (SSSR count). The van der Waals surface area contributed by atoms with Crippen molar-refractivity contribution in [2.24, 2.45) is 0 Å². The average Bonchev–Trinajstić information content (AvgIpc) is 2.88. The number of carbonyl (C=O) groups excluding carboxylic acids is 2. The van der Waals surface area contributed by atoms with Gasteiger partial charge in [0, 0.05) is 23.6 Å². The third kappa shape index (κ3) is 6.64. The predicted octanol–water partition coefficient (Wildman–Crippen LogP) is 5.19. The van der Waals surface area contributed by atoms with Gasteiger partial charge in [-0.1, -0.05) is 66.0 Å². The van der Waals surface area contributed by atoms with Gasteiger partial charge in [-0.05, 0) is 55.3 Å². The van der Waals surface area contributed by atoms with E-state index in [1.807, 2.05) is 0 Å². The molecule has 202 valence electrons. The van der Waals surface area contributed by atoms with Crippen LogP contribution in [0.1, 0.15) is 24.5 Å². The van der Waals surface area contributed by atoms with Gasteiger partial charge >= 0.3 is 0 Å². The minimum atomic E-state index is -4.37. The zero-order valence-electron chi connectivity index (χ0n) is 21.1. The van der Waals surface area contributed by atoms with Crippen LogP contribution in [-0.4, -0.2) is 44.8 Å². The summed E-state index contributed by atoms with van der Waals surface area (Å²) in [5.41, 5.74) is 1.05. The van der Waals surface area contributed by atoms with E-state index in [2.05, 4.69) is 5.32 Å². The quantitative estimate of drug-likeness (QED) is 0.358. The van der Waals surface area contributed by atoms with Gasteiger partial charge in [0.2, 0.25) is 11.8 Å². The van der Waals surface area contributed by atoms with Crippen LogP contribution in [0.5, 0.6) is 0 Å². The van der Waals surface area contributed by atoms with Gasteiger partial charge in [0.1, 0.15) is 18.4 Å². The molecule has 0 radical (unpaired) electrons. The number of nitrogens with zero attached hydrogens (tertiary/aromatic N) is 2. The Balaban J connectivity index is 2.09. The van der Waals surface area contributed by atoms with E-state index in [1.165, 1.54) is 48.3 Å². The van der Waals surface area contributed by atoms with Crippen molar-refractivity contribution < 1.29 is 22.4 Å². The first-order chi connectivity index (χ1) is 18.0. The molecular weight excluding hydrogens is 552 g/mol. The van der Waals surface area contributed by atoms with Crippen LogP contribution in [0, 0.1) is 12.7 Å². The molecule has 2 amide bonds. The van der Waals surface area contributed by atoms with Crippen LogP contribution in [0.2, 0.25) is 10.0 Å². The number of halogens is 3. The number of carbonyl (C=O) groups is 2. The number of aryl methyl sites for hydroxylation is 1. The van der Waals surface area contributed by atoms with Crippen LogP contribution in [0.25, 0.3) is 0 Å². The summed E-state index contributed by atoms with van der Waals surface area (Å²) in [6.45, 7) is 2.67. The molecule has 38 heavy (non-hydrogen) atoms. The van der Waals surface area contributed by atoms with Crippen LogP contribution >= 0.6 is 23.2 Å². The highest BCUT2D eigenvalue weighted by Gasteiger charge is 2.34. The van der Waals surface area contributed by atoms with Crippen LogP contribution in [0.4, 0.5) is 10.1 Å². The molecule has 1 atom stereocenters. The molecule has 11 heteroatoms. The molecule has 0 aromatic heterocycles. The van der Waals surface area contributed by atoms with Crippen molar-refractivity contribution >= 4 is 50.7 Å². The first-order valence-electron chi connectivity index (χ1n) is 11.8. The number of nitrogens with one attached hydrogen (secondary N) is 1. The molecule has 0 aliphatic rings. The van der Waals surface area contributed by atoms with Gasteiger partial charge in [0.15, 0.2) is 0 Å². The summed E-state index contributed by atoms with van der Waals surface area (Å²) in [6, 6.07) is 15.1. The van der Waals surface area contributed by atoms with Gasteiger partial charge in [-0.15, -0.1) is 0 Å². The molecular formula is C27H28Cl2FN3O4S. The summed E-state index contributed by atoms with van der Waals surface area (Å²) < 4.78 is 43.1. The van der Waals surface area contributed by atoms with E-state index < -0.39 is 40.2 Å². The van der Waals surface area contributed by atoms with E-state index in [-0.39, 0.29) is 28.6 Å². The number of para-hydroxylation sites is 1. The number of likely N-dealkylation sites (N-methyl/N-ethyl adjacent to an activating group) is 1. The lowest BCUT2D eigenvalue weighted by molar-refractivity contribution is -0.140. The van der Waals surface area contributed by atoms with Crippen molar-refractivity contribution in [2.75, 3.05) is 17.9 Å². The lowest BCUT2D eigenvalue weighted by Gasteiger charge is -2.33. The van der Waals surface area contributed by atoms with E-state index >= 15 is 0 Å². The highest BCUT2D eigenvalue weighted by atomic mass is 35.5. The standard InChI is InChI=1S/C27H28Cl2FN3O4S/c1-4-24(27(35)31-3)32(16-19-11-12-20(28)15-22(19)29)26(34)17-33(25-8-6-5-7-23(25)30)38(36,37)21-13-9-18(2)10-14-21/h5-15,24H,4,16-17H2,1-3H3,(H,31,35)/t24-/m1/s1. The van der Waals surface area contributed by atoms with Crippen molar-refractivity contribution in [3.05, 3.63) is 93.7 Å². The zero-order valence-corrected chi connectivity index (χ0v) is 23.4. The Morgan fingerprint density at radius 2 is 1.68 bits per heavy atom. The number of benzene rings is 3. The minimum Gasteiger partial charge on any atom is -0.357 e. The Kier molecular flexibility index (Phi) is 9.76. The first-order valence-corrected chi connectivity index (χ1v) is 14.0. The Morgan fingerprint density at radius 3 is 2.26 bits per heavy atom. The summed E-state index contributed by atoms with van der Waals surface area (Å²) in [4.78, 5) is 27.7. The second kappa shape index (κ2) is 12.6. The Hall–Kier alpha value is -3.14. The van der Waals surface area contributed by atoms with Crippen molar-refractivity contribution in [1.82, 2.24) is 10.2 Å². The highest BCUT2D eigenvalue weighted by Crippen LogP contribution is 2.28. The topological polar surface area (TPSA) is 86.8 Å². The third-order valence-corrected chi connectivity index (χ3v) is 8.36. The van der Waals surface area contributed by atoms with Crippen LogP contribution in [0.15, 0.2) is 71.6 Å². The van der Waals surface area contributed by atoms with E-state index in [0.717, 1.165) is 15.9 Å². The van der Waals surface area contributed by atoms with E-state index in [4.69, 9.17) is 23.2 Å². The zero-order chi connectivity index (χ0) is 28.0.